The number of benzene rings is 1. The monoisotopic (exact) mass is 325 g/mol. The number of aromatic carboxylic acids is 1. The van der Waals surface area contributed by atoms with Crippen molar-refractivity contribution in [2.75, 3.05) is 12.8 Å². The molecule has 6 nitrogen and oxygen atoms in total. The average molecular weight is 326 g/mol. The SMILES string of the molecule is CNC(=O)CS(=O)(=O)c1ccc(Cl)c(C(=O)O)c1Cl. The molecular weight excluding hydrogens is 317 g/mol. The van der Waals surface area contributed by atoms with Crippen molar-refractivity contribution in [3.05, 3.63) is 27.7 Å². The lowest BCUT2D eigenvalue weighted by molar-refractivity contribution is -0.118. The number of hydrogen-bond acceptors (Lipinski definition) is 4. The van der Waals surface area contributed by atoms with Crippen LogP contribution in [0.3, 0.4) is 0 Å². The molecule has 0 unspecified atom stereocenters. The minimum absolute atomic E-state index is 0.184. The Hall–Kier alpha value is -1.31. The summed E-state index contributed by atoms with van der Waals surface area (Å²) < 4.78 is 23.9. The van der Waals surface area contributed by atoms with Crippen molar-refractivity contribution in [2.45, 2.75) is 4.90 Å². The van der Waals surface area contributed by atoms with Crippen LogP contribution in [0.1, 0.15) is 10.4 Å². The molecule has 2 N–H and O–H groups in total. The number of carbonyl (C=O) groups excluding carboxylic acids is 1. The van der Waals surface area contributed by atoms with Crippen molar-refractivity contribution >= 4 is 44.9 Å². The van der Waals surface area contributed by atoms with Crippen molar-refractivity contribution < 1.29 is 23.1 Å². The molecular formula is C10H9Cl2NO5S. The van der Waals surface area contributed by atoms with Crippen LogP contribution < -0.4 is 5.32 Å². The first-order chi connectivity index (χ1) is 8.70. The molecule has 0 aliphatic carbocycles. The van der Waals surface area contributed by atoms with Crippen molar-refractivity contribution in [1.29, 1.82) is 0 Å². The Morgan fingerprint density at radius 2 is 1.89 bits per heavy atom. The molecule has 1 rings (SSSR count). The van der Waals surface area contributed by atoms with E-state index < -0.39 is 42.9 Å². The minimum atomic E-state index is -4.04. The molecule has 0 aromatic heterocycles. The summed E-state index contributed by atoms with van der Waals surface area (Å²) in [6.45, 7) is 0. The van der Waals surface area contributed by atoms with Gasteiger partial charge in [0.25, 0.3) is 0 Å². The summed E-state index contributed by atoms with van der Waals surface area (Å²) in [7, 11) is -2.76. The molecule has 0 aliphatic heterocycles. The first-order valence-corrected chi connectivity index (χ1v) is 7.26. The summed E-state index contributed by atoms with van der Waals surface area (Å²) >= 11 is 11.4. The molecule has 9 heteroatoms. The number of carboxylic acids is 1. The zero-order valence-corrected chi connectivity index (χ0v) is 11.9. The van der Waals surface area contributed by atoms with Crippen LogP contribution >= 0.6 is 23.2 Å². The van der Waals surface area contributed by atoms with E-state index in [1.807, 2.05) is 0 Å². The first kappa shape index (κ1) is 15.7. The molecule has 0 radical (unpaired) electrons. The molecule has 0 spiro atoms. The Morgan fingerprint density at radius 3 is 2.37 bits per heavy atom. The Kier molecular flexibility index (Phi) is 4.78. The van der Waals surface area contributed by atoms with Gasteiger partial charge in [-0.25, -0.2) is 13.2 Å². The van der Waals surface area contributed by atoms with Gasteiger partial charge < -0.3 is 10.4 Å². The molecule has 104 valence electrons. The average Bonchev–Trinajstić information content (AvgIpc) is 2.27. The van der Waals surface area contributed by atoms with Gasteiger partial charge in [-0.1, -0.05) is 23.2 Å². The summed E-state index contributed by atoms with van der Waals surface area (Å²) in [6, 6.07) is 2.17. The highest BCUT2D eigenvalue weighted by Crippen LogP contribution is 2.31. The standard InChI is InChI=1S/C10H9Cl2NO5S/c1-13-7(14)4-19(17,18)6-3-2-5(11)8(9(6)12)10(15)16/h2-3H,4H2,1H3,(H,13,14)(H,15,16). The fraction of sp³-hybridized carbons (Fsp3) is 0.200. The smallest absolute Gasteiger partial charge is 0.338 e. The van der Waals surface area contributed by atoms with Gasteiger partial charge in [-0.05, 0) is 12.1 Å². The number of hydrogen-bond donors (Lipinski definition) is 2. The van der Waals surface area contributed by atoms with Gasteiger partial charge in [0.05, 0.1) is 20.5 Å². The van der Waals surface area contributed by atoms with Crippen LogP contribution in [-0.4, -0.2) is 38.2 Å². The van der Waals surface area contributed by atoms with E-state index in [1.165, 1.54) is 7.05 Å². The molecule has 0 bridgehead atoms. The topological polar surface area (TPSA) is 101 Å². The largest absolute Gasteiger partial charge is 0.478 e. The molecule has 0 heterocycles. The lowest BCUT2D eigenvalue weighted by Crippen LogP contribution is -2.27. The maximum atomic E-state index is 11.9. The highest BCUT2D eigenvalue weighted by atomic mass is 35.5. The number of carbonyl (C=O) groups is 2. The molecule has 1 aromatic carbocycles. The van der Waals surface area contributed by atoms with Crippen molar-refractivity contribution in [1.82, 2.24) is 5.32 Å². The molecule has 0 saturated heterocycles. The van der Waals surface area contributed by atoms with E-state index in [9.17, 15) is 18.0 Å². The second-order valence-corrected chi connectivity index (χ2v) is 6.22. The van der Waals surface area contributed by atoms with Gasteiger partial charge in [0.2, 0.25) is 5.91 Å². The van der Waals surface area contributed by atoms with Crippen LogP contribution in [0.4, 0.5) is 0 Å². The van der Waals surface area contributed by atoms with Gasteiger partial charge >= 0.3 is 5.97 Å². The van der Waals surface area contributed by atoms with Gasteiger partial charge in [0.15, 0.2) is 9.84 Å². The number of sulfone groups is 1. The third kappa shape index (κ3) is 3.37. The molecule has 19 heavy (non-hydrogen) atoms. The fourth-order valence-electron chi connectivity index (χ4n) is 1.29. The summed E-state index contributed by atoms with van der Waals surface area (Å²) in [4.78, 5) is 21.6. The molecule has 0 atom stereocenters. The number of rotatable bonds is 4. The summed E-state index contributed by atoms with van der Waals surface area (Å²) in [6.07, 6.45) is 0. The van der Waals surface area contributed by atoms with Crippen LogP contribution in [0, 0.1) is 0 Å². The lowest BCUT2D eigenvalue weighted by atomic mass is 10.2. The second-order valence-electron chi connectivity index (χ2n) is 3.47. The van der Waals surface area contributed by atoms with E-state index in [2.05, 4.69) is 5.32 Å². The summed E-state index contributed by atoms with van der Waals surface area (Å²) in [5.74, 6) is -3.01. The van der Waals surface area contributed by atoms with Crippen LogP contribution in [0.25, 0.3) is 0 Å². The quantitative estimate of drug-likeness (QED) is 0.866. The number of amides is 1. The zero-order valence-electron chi connectivity index (χ0n) is 9.61. The fourth-order valence-corrected chi connectivity index (χ4v) is 3.47. The third-order valence-electron chi connectivity index (χ3n) is 2.20. The van der Waals surface area contributed by atoms with E-state index in [1.54, 1.807) is 0 Å². The Morgan fingerprint density at radius 1 is 1.32 bits per heavy atom. The van der Waals surface area contributed by atoms with Crippen LogP contribution in [0.2, 0.25) is 10.0 Å². The molecule has 0 aliphatic rings. The highest BCUT2D eigenvalue weighted by Gasteiger charge is 2.26. The van der Waals surface area contributed by atoms with Crippen LogP contribution in [-0.2, 0) is 14.6 Å². The van der Waals surface area contributed by atoms with Gasteiger partial charge in [0.1, 0.15) is 5.75 Å². The third-order valence-corrected chi connectivity index (χ3v) is 4.68. The van der Waals surface area contributed by atoms with Gasteiger partial charge in [-0.2, -0.15) is 0 Å². The number of carboxylic acid groups (broad SMARTS) is 1. The van der Waals surface area contributed by atoms with E-state index >= 15 is 0 Å². The maximum Gasteiger partial charge on any atom is 0.338 e. The van der Waals surface area contributed by atoms with E-state index in [4.69, 9.17) is 28.3 Å². The van der Waals surface area contributed by atoms with Crippen molar-refractivity contribution in [3.8, 4) is 0 Å². The Bertz CT molecular complexity index is 642. The van der Waals surface area contributed by atoms with E-state index in [0.29, 0.717) is 0 Å². The molecule has 1 amide bonds. The predicted molar refractivity (Wildman–Crippen MR) is 69.5 cm³/mol. The normalized spacial score (nSPS) is 11.1. The summed E-state index contributed by atoms with van der Waals surface area (Å²) in [5, 5.41) is 10.4. The van der Waals surface area contributed by atoms with Gasteiger partial charge in [-0.15, -0.1) is 0 Å². The van der Waals surface area contributed by atoms with Crippen molar-refractivity contribution in [3.63, 3.8) is 0 Å². The van der Waals surface area contributed by atoms with E-state index in [-0.39, 0.29) is 5.02 Å². The predicted octanol–water partition coefficient (Wildman–Crippen LogP) is 1.21. The molecule has 0 saturated carbocycles. The maximum absolute atomic E-state index is 11.9. The van der Waals surface area contributed by atoms with Crippen LogP contribution in [0.15, 0.2) is 17.0 Å². The van der Waals surface area contributed by atoms with E-state index in [0.717, 1.165) is 12.1 Å². The van der Waals surface area contributed by atoms with Gasteiger partial charge in [-0.3, -0.25) is 4.79 Å². The first-order valence-electron chi connectivity index (χ1n) is 4.85. The van der Waals surface area contributed by atoms with Crippen LogP contribution in [0.5, 0.6) is 0 Å². The minimum Gasteiger partial charge on any atom is -0.478 e. The summed E-state index contributed by atoms with van der Waals surface area (Å²) in [5.41, 5.74) is -0.513. The van der Waals surface area contributed by atoms with Gasteiger partial charge in [0, 0.05) is 7.05 Å². The molecule has 0 fully saturated rings. The highest BCUT2D eigenvalue weighted by molar-refractivity contribution is 7.92. The second kappa shape index (κ2) is 5.77. The lowest BCUT2D eigenvalue weighted by Gasteiger charge is -2.09. The Balaban J connectivity index is 3.41. The zero-order chi connectivity index (χ0) is 14.8. The number of nitrogens with one attached hydrogen (secondary N) is 1. The molecule has 1 aromatic rings. The van der Waals surface area contributed by atoms with Crippen molar-refractivity contribution in [2.24, 2.45) is 0 Å². The Labute approximate surface area is 119 Å². The number of halogens is 2.